The molecule has 0 aliphatic heterocycles. The maximum Gasteiger partial charge on any atom is 0.299 e. The summed E-state index contributed by atoms with van der Waals surface area (Å²) in [6.45, 7) is 0. The summed E-state index contributed by atoms with van der Waals surface area (Å²) >= 11 is -2.61. The summed E-state index contributed by atoms with van der Waals surface area (Å²) in [6, 6.07) is 0. The van der Waals surface area contributed by atoms with E-state index in [1.54, 1.807) is 0 Å². The molecule has 0 atom stereocenters. The normalized spacial score (nSPS) is 5.83. The van der Waals surface area contributed by atoms with E-state index in [2.05, 4.69) is 0 Å². The Morgan fingerprint density at radius 2 is 1.33 bits per heavy atom. The summed E-state index contributed by atoms with van der Waals surface area (Å²) in [5.41, 5.74) is 0. The second kappa shape index (κ2) is 9.61. The second-order valence-electron chi connectivity index (χ2n) is 0.231. The SMILES string of the molecule is Cl.O=S(O)O.[Na]. The van der Waals surface area contributed by atoms with Gasteiger partial charge in [0.05, 0.1) is 0 Å². The molecule has 0 rings (SSSR count). The standard InChI is InChI=1S/ClH.Na.H2O3S/c;;1-4(2)3/h1H;;(H2,1,2,3). The summed E-state index contributed by atoms with van der Waals surface area (Å²) in [5, 5.41) is 0. The van der Waals surface area contributed by atoms with E-state index in [0.717, 1.165) is 0 Å². The summed E-state index contributed by atoms with van der Waals surface area (Å²) in [7, 11) is 0. The first-order chi connectivity index (χ1) is 1.73. The smallest absolute Gasteiger partial charge is 0.284 e. The van der Waals surface area contributed by atoms with Crippen molar-refractivity contribution in [2.75, 3.05) is 0 Å². The van der Waals surface area contributed by atoms with Gasteiger partial charge in [-0.2, -0.15) is 4.21 Å². The molecule has 6 heteroatoms. The van der Waals surface area contributed by atoms with E-state index in [-0.39, 0.29) is 42.0 Å². The molecule has 0 heterocycles. The van der Waals surface area contributed by atoms with Crippen LogP contribution in [-0.2, 0) is 11.4 Å². The molecule has 0 aromatic heterocycles. The molecule has 6 heavy (non-hydrogen) atoms. The second-order valence-corrected chi connectivity index (χ2v) is 0.692. The van der Waals surface area contributed by atoms with Gasteiger partial charge in [-0.3, -0.25) is 9.11 Å². The third-order valence-electron chi connectivity index (χ3n) is 0. The Balaban J connectivity index is -0.0000000450. The van der Waals surface area contributed by atoms with Crippen molar-refractivity contribution in [3.05, 3.63) is 0 Å². The van der Waals surface area contributed by atoms with Gasteiger partial charge in [-0.05, 0) is 0 Å². The van der Waals surface area contributed by atoms with Crippen LogP contribution in [0.4, 0.5) is 0 Å². The van der Waals surface area contributed by atoms with Crippen LogP contribution in [0, 0.1) is 0 Å². The summed E-state index contributed by atoms with van der Waals surface area (Å²) in [5.74, 6) is 0. The first kappa shape index (κ1) is 15.7. The van der Waals surface area contributed by atoms with E-state index in [9.17, 15) is 0 Å². The Kier molecular flexibility index (Phi) is 25.1. The molecular formula is H3ClNaO3S. The van der Waals surface area contributed by atoms with E-state index in [1.165, 1.54) is 0 Å². The third-order valence-corrected chi connectivity index (χ3v) is 0. The fourth-order valence-electron chi connectivity index (χ4n) is 0. The zero-order chi connectivity index (χ0) is 3.58. The Hall–Kier alpha value is 1.36. The quantitative estimate of drug-likeness (QED) is 0.361. The van der Waals surface area contributed by atoms with Gasteiger partial charge in [0.2, 0.25) is 0 Å². The van der Waals surface area contributed by atoms with Crippen LogP contribution in [0.25, 0.3) is 0 Å². The van der Waals surface area contributed by atoms with Crippen molar-refractivity contribution in [3.63, 3.8) is 0 Å². The van der Waals surface area contributed by atoms with Crippen molar-refractivity contribution < 1.29 is 13.3 Å². The Labute approximate surface area is 66.3 Å². The van der Waals surface area contributed by atoms with Gasteiger partial charge >= 0.3 is 0 Å². The van der Waals surface area contributed by atoms with Crippen LogP contribution in [0.1, 0.15) is 0 Å². The van der Waals surface area contributed by atoms with Crippen LogP contribution in [0.15, 0.2) is 0 Å². The monoisotopic (exact) mass is 141 g/mol. The van der Waals surface area contributed by atoms with Crippen LogP contribution in [0.5, 0.6) is 0 Å². The van der Waals surface area contributed by atoms with Gasteiger partial charge in [0, 0.05) is 29.6 Å². The molecule has 0 aliphatic carbocycles. The van der Waals surface area contributed by atoms with Crippen LogP contribution >= 0.6 is 12.4 Å². The molecule has 35 valence electrons. The Bertz CT molecular complexity index is 33.8. The minimum absolute atomic E-state index is 0. The predicted octanol–water partition coefficient (Wildman–Crippen LogP) is -0.278. The fourth-order valence-corrected chi connectivity index (χ4v) is 0. The molecule has 0 saturated heterocycles. The van der Waals surface area contributed by atoms with Crippen molar-refractivity contribution in [2.45, 2.75) is 0 Å². The molecule has 0 aromatic carbocycles. The largest absolute Gasteiger partial charge is 0.299 e. The minimum atomic E-state index is -2.61. The molecule has 0 bridgehead atoms. The van der Waals surface area contributed by atoms with Crippen LogP contribution < -0.4 is 0 Å². The van der Waals surface area contributed by atoms with E-state index in [4.69, 9.17) is 13.3 Å². The van der Waals surface area contributed by atoms with Gasteiger partial charge in [0.25, 0.3) is 11.4 Å². The minimum Gasteiger partial charge on any atom is -0.284 e. The van der Waals surface area contributed by atoms with E-state index in [1.807, 2.05) is 0 Å². The average Bonchev–Trinajstić information content (AvgIpc) is 0.811. The molecular weight excluding hydrogens is 139 g/mol. The topological polar surface area (TPSA) is 57.5 Å². The van der Waals surface area contributed by atoms with E-state index < -0.39 is 11.4 Å². The molecule has 0 saturated carbocycles. The van der Waals surface area contributed by atoms with Crippen molar-refractivity contribution in [3.8, 4) is 0 Å². The summed E-state index contributed by atoms with van der Waals surface area (Å²) in [6.07, 6.45) is 0. The zero-order valence-electron chi connectivity index (χ0n) is 3.12. The van der Waals surface area contributed by atoms with Crippen molar-refractivity contribution in [2.24, 2.45) is 0 Å². The molecule has 1 radical (unpaired) electrons. The fraction of sp³-hybridized carbons (Fsp3) is 0. The number of rotatable bonds is 0. The maximum atomic E-state index is 8.67. The van der Waals surface area contributed by atoms with Gasteiger partial charge in [-0.1, -0.05) is 0 Å². The predicted molar refractivity (Wildman–Crippen MR) is 26.4 cm³/mol. The van der Waals surface area contributed by atoms with Gasteiger partial charge in [-0.15, -0.1) is 12.4 Å². The van der Waals surface area contributed by atoms with Crippen molar-refractivity contribution in [1.82, 2.24) is 0 Å². The van der Waals surface area contributed by atoms with Crippen molar-refractivity contribution >= 4 is 53.3 Å². The van der Waals surface area contributed by atoms with Gasteiger partial charge in [0.1, 0.15) is 0 Å². The van der Waals surface area contributed by atoms with Gasteiger partial charge in [0.15, 0.2) is 0 Å². The number of hydrogen-bond donors (Lipinski definition) is 2. The molecule has 0 unspecified atom stereocenters. The number of halogens is 1. The Morgan fingerprint density at radius 1 is 1.33 bits per heavy atom. The molecule has 0 fully saturated rings. The van der Waals surface area contributed by atoms with Crippen LogP contribution in [-0.4, -0.2) is 42.9 Å². The molecule has 0 amide bonds. The van der Waals surface area contributed by atoms with Crippen molar-refractivity contribution in [1.29, 1.82) is 0 Å². The average molecular weight is 142 g/mol. The van der Waals surface area contributed by atoms with Gasteiger partial charge < -0.3 is 0 Å². The molecule has 0 spiro atoms. The van der Waals surface area contributed by atoms with Gasteiger partial charge in [-0.25, -0.2) is 0 Å². The van der Waals surface area contributed by atoms with Crippen LogP contribution in [0.2, 0.25) is 0 Å². The third kappa shape index (κ3) is 55.1. The molecule has 0 aromatic rings. The van der Waals surface area contributed by atoms with E-state index in [0.29, 0.717) is 0 Å². The number of hydrogen-bond acceptors (Lipinski definition) is 1. The molecule has 2 N–H and O–H groups in total. The zero-order valence-corrected chi connectivity index (χ0v) is 6.75. The maximum absolute atomic E-state index is 8.67. The Morgan fingerprint density at radius 3 is 1.33 bits per heavy atom. The van der Waals surface area contributed by atoms with E-state index >= 15 is 0 Å². The molecule has 3 nitrogen and oxygen atoms in total. The first-order valence-corrected chi connectivity index (χ1v) is 1.60. The first-order valence-electron chi connectivity index (χ1n) is 0.532. The summed E-state index contributed by atoms with van der Waals surface area (Å²) in [4.78, 5) is 0. The molecule has 0 aliphatic rings. The van der Waals surface area contributed by atoms with Crippen LogP contribution in [0.3, 0.4) is 0 Å². The summed E-state index contributed by atoms with van der Waals surface area (Å²) < 4.78 is 22.8.